The van der Waals surface area contributed by atoms with Crippen molar-refractivity contribution in [2.75, 3.05) is 19.8 Å². The largest absolute Gasteiger partial charge is 0.478 e. The molecule has 0 aliphatic heterocycles. The van der Waals surface area contributed by atoms with E-state index in [1.807, 2.05) is 11.4 Å². The van der Waals surface area contributed by atoms with Crippen LogP contribution in [0.4, 0.5) is 0 Å². The summed E-state index contributed by atoms with van der Waals surface area (Å²) in [6.45, 7) is 6.58. The van der Waals surface area contributed by atoms with Crippen molar-refractivity contribution in [1.29, 1.82) is 0 Å². The zero-order valence-corrected chi connectivity index (χ0v) is 12.1. The summed E-state index contributed by atoms with van der Waals surface area (Å²) in [6.07, 6.45) is 2.73. The first-order valence-electron chi connectivity index (χ1n) is 6.22. The van der Waals surface area contributed by atoms with Crippen LogP contribution in [0.25, 0.3) is 6.08 Å². The fraction of sp³-hybridized carbons (Fsp3) is 0.500. The molecule has 0 saturated carbocycles. The highest BCUT2D eigenvalue weighted by Gasteiger charge is 2.02. The first-order valence-corrected chi connectivity index (χ1v) is 7.10. The molecule has 0 radical (unpaired) electrons. The van der Waals surface area contributed by atoms with Crippen molar-refractivity contribution < 1.29 is 19.4 Å². The van der Waals surface area contributed by atoms with E-state index >= 15 is 0 Å². The first-order chi connectivity index (χ1) is 9.09. The Balaban J connectivity index is 2.26. The Labute approximate surface area is 117 Å². The Bertz CT molecular complexity index is 409. The number of rotatable bonds is 9. The highest BCUT2D eigenvalue weighted by molar-refractivity contribution is 7.10. The lowest BCUT2D eigenvalue weighted by atomic mass is 10.2. The monoisotopic (exact) mass is 284 g/mol. The second kappa shape index (κ2) is 8.85. The lowest BCUT2D eigenvalue weighted by Gasteiger charge is -2.07. The molecule has 1 aromatic heterocycles. The van der Waals surface area contributed by atoms with E-state index in [0.29, 0.717) is 25.7 Å². The van der Waals surface area contributed by atoms with Crippen molar-refractivity contribution in [3.05, 3.63) is 28.0 Å². The molecule has 0 aromatic carbocycles. The van der Waals surface area contributed by atoms with Crippen molar-refractivity contribution in [2.24, 2.45) is 5.92 Å². The van der Waals surface area contributed by atoms with Gasteiger partial charge in [0.1, 0.15) is 0 Å². The quantitative estimate of drug-likeness (QED) is 0.559. The number of thiophene rings is 1. The van der Waals surface area contributed by atoms with Crippen LogP contribution in [-0.4, -0.2) is 30.9 Å². The number of aliphatic carboxylic acids is 1. The fourth-order valence-corrected chi connectivity index (χ4v) is 2.18. The maximum absolute atomic E-state index is 10.5. The van der Waals surface area contributed by atoms with E-state index in [1.54, 1.807) is 17.4 Å². The summed E-state index contributed by atoms with van der Waals surface area (Å²) in [5.74, 6) is -0.412. The van der Waals surface area contributed by atoms with Gasteiger partial charge in [-0.25, -0.2) is 4.79 Å². The molecule has 1 heterocycles. The lowest BCUT2D eigenvalue weighted by molar-refractivity contribution is -0.131. The molecular weight excluding hydrogens is 264 g/mol. The molecule has 1 aromatic rings. The smallest absolute Gasteiger partial charge is 0.328 e. The molecule has 0 saturated heterocycles. The normalized spacial score (nSPS) is 11.5. The molecule has 0 fully saturated rings. The van der Waals surface area contributed by atoms with Crippen LogP contribution in [0.1, 0.15) is 24.3 Å². The van der Waals surface area contributed by atoms with Crippen LogP contribution in [0.15, 0.2) is 17.5 Å². The number of hydrogen-bond donors (Lipinski definition) is 1. The van der Waals surface area contributed by atoms with Gasteiger partial charge in [0.2, 0.25) is 0 Å². The third-order valence-corrected chi connectivity index (χ3v) is 3.15. The van der Waals surface area contributed by atoms with E-state index in [2.05, 4.69) is 13.8 Å². The van der Waals surface area contributed by atoms with Gasteiger partial charge in [0.25, 0.3) is 0 Å². The van der Waals surface area contributed by atoms with Gasteiger partial charge in [-0.1, -0.05) is 13.8 Å². The molecule has 0 aliphatic carbocycles. The molecule has 0 amide bonds. The molecule has 5 heteroatoms. The van der Waals surface area contributed by atoms with Crippen molar-refractivity contribution >= 4 is 23.4 Å². The van der Waals surface area contributed by atoms with Gasteiger partial charge in [0.05, 0.1) is 19.8 Å². The number of carbonyl (C=O) groups is 1. The molecule has 1 rings (SSSR count). The average molecular weight is 284 g/mol. The summed E-state index contributed by atoms with van der Waals surface area (Å²) >= 11 is 1.56. The Morgan fingerprint density at radius 1 is 1.42 bits per heavy atom. The third kappa shape index (κ3) is 7.10. The predicted molar refractivity (Wildman–Crippen MR) is 76.3 cm³/mol. The molecule has 0 bridgehead atoms. The van der Waals surface area contributed by atoms with Gasteiger partial charge in [-0.15, -0.1) is 11.3 Å². The maximum atomic E-state index is 10.5. The van der Waals surface area contributed by atoms with E-state index in [-0.39, 0.29) is 0 Å². The van der Waals surface area contributed by atoms with Gasteiger partial charge >= 0.3 is 5.97 Å². The van der Waals surface area contributed by atoms with Crippen LogP contribution in [0, 0.1) is 5.92 Å². The molecule has 19 heavy (non-hydrogen) atoms. The molecule has 0 aliphatic rings. The second-order valence-electron chi connectivity index (χ2n) is 4.49. The summed E-state index contributed by atoms with van der Waals surface area (Å²) < 4.78 is 10.9. The topological polar surface area (TPSA) is 55.8 Å². The molecule has 1 N–H and O–H groups in total. The van der Waals surface area contributed by atoms with E-state index in [4.69, 9.17) is 14.6 Å². The minimum atomic E-state index is -0.944. The summed E-state index contributed by atoms with van der Waals surface area (Å²) in [5.41, 5.74) is 0.899. The molecule has 0 spiro atoms. The van der Waals surface area contributed by atoms with Crippen molar-refractivity contribution in [3.8, 4) is 0 Å². The molecule has 0 atom stereocenters. The highest BCUT2D eigenvalue weighted by Crippen LogP contribution is 2.19. The first kappa shape index (κ1) is 15.9. The van der Waals surface area contributed by atoms with E-state index in [9.17, 15) is 4.79 Å². The predicted octanol–water partition coefficient (Wildman–Crippen LogP) is 3.04. The molecular formula is C14H20O4S. The van der Waals surface area contributed by atoms with Crippen molar-refractivity contribution in [1.82, 2.24) is 0 Å². The highest BCUT2D eigenvalue weighted by atomic mass is 32.1. The van der Waals surface area contributed by atoms with E-state index < -0.39 is 5.97 Å². The van der Waals surface area contributed by atoms with E-state index in [1.165, 1.54) is 0 Å². The zero-order valence-electron chi connectivity index (χ0n) is 11.3. The van der Waals surface area contributed by atoms with Crippen molar-refractivity contribution in [2.45, 2.75) is 20.5 Å². The van der Waals surface area contributed by atoms with Crippen molar-refractivity contribution in [3.63, 3.8) is 0 Å². The summed E-state index contributed by atoms with van der Waals surface area (Å²) in [4.78, 5) is 11.5. The van der Waals surface area contributed by atoms with Gasteiger partial charge in [-0.3, -0.25) is 0 Å². The Morgan fingerprint density at radius 3 is 2.84 bits per heavy atom. The standard InChI is InChI=1S/C14H20O4S/c1-11(2)9-17-6-7-18-10-13-12(5-8-19-13)3-4-14(15)16/h3-5,8,11H,6-7,9-10H2,1-2H3,(H,15,16)/b4-3+. The Hall–Kier alpha value is -1.17. The molecule has 0 unspecified atom stereocenters. The van der Waals surface area contributed by atoms with E-state index in [0.717, 1.165) is 23.1 Å². The maximum Gasteiger partial charge on any atom is 0.328 e. The van der Waals surface area contributed by atoms with Gasteiger partial charge in [0.15, 0.2) is 0 Å². The van der Waals surface area contributed by atoms with Gasteiger partial charge in [0, 0.05) is 17.6 Å². The van der Waals surface area contributed by atoms with Gasteiger partial charge in [-0.05, 0) is 29.0 Å². The number of carboxylic acids is 1. The summed E-state index contributed by atoms with van der Waals surface area (Å²) in [7, 11) is 0. The average Bonchev–Trinajstić information content (AvgIpc) is 2.78. The molecule has 106 valence electrons. The second-order valence-corrected chi connectivity index (χ2v) is 5.49. The fourth-order valence-electron chi connectivity index (χ4n) is 1.38. The van der Waals surface area contributed by atoms with Crippen LogP contribution in [0.2, 0.25) is 0 Å². The SMILES string of the molecule is CC(C)COCCOCc1sccc1/C=C/C(=O)O. The minimum Gasteiger partial charge on any atom is -0.478 e. The lowest BCUT2D eigenvalue weighted by Crippen LogP contribution is -2.08. The van der Waals surface area contributed by atoms with Gasteiger partial charge in [-0.2, -0.15) is 0 Å². The molecule has 4 nitrogen and oxygen atoms in total. The summed E-state index contributed by atoms with van der Waals surface area (Å²) in [5, 5.41) is 10.5. The van der Waals surface area contributed by atoms with Crippen LogP contribution >= 0.6 is 11.3 Å². The number of ether oxygens (including phenoxy) is 2. The third-order valence-electron chi connectivity index (χ3n) is 2.24. The Kier molecular flexibility index (Phi) is 7.40. The number of carboxylic acid groups (broad SMARTS) is 1. The summed E-state index contributed by atoms with van der Waals surface area (Å²) in [6, 6.07) is 1.89. The number of hydrogen-bond acceptors (Lipinski definition) is 4. The van der Waals surface area contributed by atoms with Crippen LogP contribution in [-0.2, 0) is 20.9 Å². The minimum absolute atomic E-state index is 0.488. The van der Waals surface area contributed by atoms with Crippen LogP contribution in [0.5, 0.6) is 0 Å². The van der Waals surface area contributed by atoms with Crippen LogP contribution in [0.3, 0.4) is 0 Å². The Morgan fingerprint density at radius 2 is 2.16 bits per heavy atom. The van der Waals surface area contributed by atoms with Crippen LogP contribution < -0.4 is 0 Å². The zero-order chi connectivity index (χ0) is 14.1. The van der Waals surface area contributed by atoms with Gasteiger partial charge < -0.3 is 14.6 Å².